The van der Waals surface area contributed by atoms with Crippen molar-refractivity contribution in [1.82, 2.24) is 4.90 Å². The third-order valence-electron chi connectivity index (χ3n) is 3.83. The van der Waals surface area contributed by atoms with Crippen molar-refractivity contribution in [2.75, 3.05) is 6.54 Å². The molecule has 1 aliphatic rings. The molecule has 0 aliphatic carbocycles. The molecule has 19 heavy (non-hydrogen) atoms. The van der Waals surface area contributed by atoms with Gasteiger partial charge in [-0.05, 0) is 45.2 Å². The van der Waals surface area contributed by atoms with Gasteiger partial charge in [0.1, 0.15) is 0 Å². The number of hydrogen-bond donors (Lipinski definition) is 1. The van der Waals surface area contributed by atoms with Gasteiger partial charge in [0.25, 0.3) is 0 Å². The van der Waals surface area contributed by atoms with Crippen LogP contribution in [0.4, 0.5) is 0 Å². The summed E-state index contributed by atoms with van der Waals surface area (Å²) in [5.41, 5.74) is 6.03. The summed E-state index contributed by atoms with van der Waals surface area (Å²) in [5, 5.41) is 0. The maximum Gasteiger partial charge on any atom is 0.230 e. The lowest BCUT2D eigenvalue weighted by Crippen LogP contribution is -2.52. The fourth-order valence-corrected chi connectivity index (χ4v) is 3.81. The maximum absolute atomic E-state index is 12.7. The fourth-order valence-electron chi connectivity index (χ4n) is 2.71. The second kappa shape index (κ2) is 6.25. The highest BCUT2D eigenvalue weighted by molar-refractivity contribution is 7.16. The van der Waals surface area contributed by atoms with Gasteiger partial charge < -0.3 is 10.6 Å². The molecule has 0 saturated carbocycles. The first-order chi connectivity index (χ1) is 9.00. The molecular formula is C14H21ClN2OS. The second-order valence-electron chi connectivity index (χ2n) is 5.32. The van der Waals surface area contributed by atoms with Crippen LogP contribution in [-0.4, -0.2) is 29.4 Å². The summed E-state index contributed by atoms with van der Waals surface area (Å²) >= 11 is 7.43. The Morgan fingerprint density at radius 2 is 2.21 bits per heavy atom. The number of hydrogen-bond acceptors (Lipinski definition) is 3. The van der Waals surface area contributed by atoms with Crippen molar-refractivity contribution in [1.29, 1.82) is 0 Å². The van der Waals surface area contributed by atoms with E-state index in [1.165, 1.54) is 11.3 Å². The molecule has 106 valence electrons. The van der Waals surface area contributed by atoms with Crippen LogP contribution in [0.15, 0.2) is 12.1 Å². The molecule has 1 saturated heterocycles. The van der Waals surface area contributed by atoms with E-state index in [4.69, 9.17) is 17.3 Å². The van der Waals surface area contributed by atoms with Gasteiger partial charge in [-0.25, -0.2) is 0 Å². The number of carbonyl (C=O) groups is 1. The van der Waals surface area contributed by atoms with Gasteiger partial charge in [0, 0.05) is 23.5 Å². The highest BCUT2D eigenvalue weighted by atomic mass is 35.5. The van der Waals surface area contributed by atoms with Crippen molar-refractivity contribution in [3.05, 3.63) is 21.3 Å². The number of nitrogens with zero attached hydrogens (tertiary/aromatic N) is 1. The van der Waals surface area contributed by atoms with E-state index in [0.29, 0.717) is 0 Å². The Morgan fingerprint density at radius 3 is 2.79 bits per heavy atom. The molecule has 1 amide bonds. The minimum absolute atomic E-state index is 0.0309. The molecule has 0 spiro atoms. The van der Waals surface area contributed by atoms with E-state index in [-0.39, 0.29) is 23.9 Å². The Bertz CT molecular complexity index is 446. The van der Waals surface area contributed by atoms with Crippen LogP contribution < -0.4 is 5.73 Å². The fraction of sp³-hybridized carbons (Fsp3) is 0.643. The average Bonchev–Trinajstić information content (AvgIpc) is 2.83. The first-order valence-corrected chi connectivity index (χ1v) is 8.01. The van der Waals surface area contributed by atoms with E-state index in [1.807, 2.05) is 30.9 Å². The van der Waals surface area contributed by atoms with Crippen LogP contribution >= 0.6 is 22.9 Å². The van der Waals surface area contributed by atoms with E-state index >= 15 is 0 Å². The standard InChI is InChI=1S/C14H21ClN2OS/c1-9(12-6-7-13(15)19-12)14(18)17-8-4-3-5-11(17)10(2)16/h6-7,9-11H,3-5,8,16H2,1-2H3. The van der Waals surface area contributed by atoms with Gasteiger partial charge in [-0.1, -0.05) is 11.6 Å². The molecule has 0 bridgehead atoms. The number of thiophene rings is 1. The van der Waals surface area contributed by atoms with E-state index in [1.54, 1.807) is 0 Å². The molecule has 3 nitrogen and oxygen atoms in total. The van der Waals surface area contributed by atoms with Crippen molar-refractivity contribution < 1.29 is 4.79 Å². The third kappa shape index (κ3) is 3.30. The predicted octanol–water partition coefficient (Wildman–Crippen LogP) is 3.23. The van der Waals surface area contributed by atoms with E-state index < -0.39 is 0 Å². The normalized spacial score (nSPS) is 23.2. The summed E-state index contributed by atoms with van der Waals surface area (Å²) in [6.45, 7) is 4.77. The number of rotatable bonds is 3. The molecule has 2 heterocycles. The molecule has 3 atom stereocenters. The molecular weight excluding hydrogens is 280 g/mol. The van der Waals surface area contributed by atoms with Crippen molar-refractivity contribution in [3.8, 4) is 0 Å². The van der Waals surface area contributed by atoms with Crippen molar-refractivity contribution >= 4 is 28.8 Å². The minimum Gasteiger partial charge on any atom is -0.338 e. The van der Waals surface area contributed by atoms with Crippen molar-refractivity contribution in [2.24, 2.45) is 5.73 Å². The number of piperidine rings is 1. The van der Waals surface area contributed by atoms with E-state index in [9.17, 15) is 4.79 Å². The van der Waals surface area contributed by atoms with Crippen LogP contribution in [0.2, 0.25) is 4.34 Å². The summed E-state index contributed by atoms with van der Waals surface area (Å²) in [6, 6.07) is 4.01. The summed E-state index contributed by atoms with van der Waals surface area (Å²) in [5.74, 6) is 0.0531. The molecule has 0 radical (unpaired) electrons. The first kappa shape index (κ1) is 14.8. The number of carbonyl (C=O) groups excluding carboxylic acids is 1. The van der Waals surface area contributed by atoms with Gasteiger partial charge in [0.15, 0.2) is 0 Å². The molecule has 1 aliphatic heterocycles. The predicted molar refractivity (Wildman–Crippen MR) is 80.7 cm³/mol. The van der Waals surface area contributed by atoms with Gasteiger partial charge in [-0.2, -0.15) is 0 Å². The van der Waals surface area contributed by atoms with Crippen LogP contribution in [-0.2, 0) is 4.79 Å². The smallest absolute Gasteiger partial charge is 0.230 e. The number of nitrogens with two attached hydrogens (primary N) is 1. The topological polar surface area (TPSA) is 46.3 Å². The van der Waals surface area contributed by atoms with Gasteiger partial charge in [-0.15, -0.1) is 11.3 Å². The third-order valence-corrected chi connectivity index (χ3v) is 5.24. The van der Waals surface area contributed by atoms with Crippen LogP contribution in [0.1, 0.15) is 43.9 Å². The van der Waals surface area contributed by atoms with Crippen LogP contribution in [0.25, 0.3) is 0 Å². The Balaban J connectivity index is 2.12. The van der Waals surface area contributed by atoms with Crippen LogP contribution in [0.5, 0.6) is 0 Å². The Morgan fingerprint density at radius 1 is 1.47 bits per heavy atom. The maximum atomic E-state index is 12.7. The van der Waals surface area contributed by atoms with Gasteiger partial charge in [0.05, 0.1) is 10.3 Å². The Kier molecular flexibility index (Phi) is 4.87. The average molecular weight is 301 g/mol. The van der Waals surface area contributed by atoms with Gasteiger partial charge >= 0.3 is 0 Å². The summed E-state index contributed by atoms with van der Waals surface area (Å²) in [4.78, 5) is 15.7. The van der Waals surface area contributed by atoms with Gasteiger partial charge in [-0.3, -0.25) is 4.79 Å². The van der Waals surface area contributed by atoms with Crippen LogP contribution in [0.3, 0.4) is 0 Å². The molecule has 1 aromatic rings. The van der Waals surface area contributed by atoms with E-state index in [0.717, 1.165) is 35.0 Å². The second-order valence-corrected chi connectivity index (χ2v) is 7.06. The molecule has 3 unspecified atom stereocenters. The lowest BCUT2D eigenvalue weighted by atomic mass is 9.95. The van der Waals surface area contributed by atoms with Gasteiger partial charge in [0.2, 0.25) is 5.91 Å². The highest BCUT2D eigenvalue weighted by Crippen LogP contribution is 2.31. The number of halogens is 1. The molecule has 1 aromatic heterocycles. The van der Waals surface area contributed by atoms with Crippen molar-refractivity contribution in [3.63, 3.8) is 0 Å². The zero-order valence-corrected chi connectivity index (χ0v) is 13.0. The largest absolute Gasteiger partial charge is 0.338 e. The lowest BCUT2D eigenvalue weighted by molar-refractivity contribution is -0.136. The van der Waals surface area contributed by atoms with Crippen LogP contribution in [0, 0.1) is 0 Å². The monoisotopic (exact) mass is 300 g/mol. The molecule has 2 rings (SSSR count). The zero-order chi connectivity index (χ0) is 14.0. The Labute approximate surface area is 123 Å². The number of likely N-dealkylation sites (tertiary alicyclic amines) is 1. The Hall–Kier alpha value is -0.580. The molecule has 0 aromatic carbocycles. The minimum atomic E-state index is -0.128. The molecule has 1 fully saturated rings. The van der Waals surface area contributed by atoms with Crippen molar-refractivity contribution in [2.45, 2.75) is 51.1 Å². The molecule has 2 N–H and O–H groups in total. The summed E-state index contributed by atoms with van der Waals surface area (Å²) in [6.07, 6.45) is 3.25. The lowest BCUT2D eigenvalue weighted by Gasteiger charge is -2.39. The zero-order valence-electron chi connectivity index (χ0n) is 11.4. The number of amides is 1. The van der Waals surface area contributed by atoms with E-state index in [2.05, 4.69) is 0 Å². The highest BCUT2D eigenvalue weighted by Gasteiger charge is 2.32. The quantitative estimate of drug-likeness (QED) is 0.931. The summed E-state index contributed by atoms with van der Waals surface area (Å²) in [7, 11) is 0. The molecule has 5 heteroatoms. The SMILES string of the molecule is CC(C(=O)N1CCCCC1C(C)N)c1ccc(Cl)s1. The summed E-state index contributed by atoms with van der Waals surface area (Å²) < 4.78 is 0.733. The first-order valence-electron chi connectivity index (χ1n) is 6.82.